The fraction of sp³-hybridized carbons (Fsp3) is 0.929. The fourth-order valence-corrected chi connectivity index (χ4v) is 2.36. The van der Waals surface area contributed by atoms with Crippen LogP contribution in [0.3, 0.4) is 0 Å². The summed E-state index contributed by atoms with van der Waals surface area (Å²) in [6.45, 7) is 14.1. The summed E-state index contributed by atoms with van der Waals surface area (Å²) in [5.74, 6) is 0.616. The lowest BCUT2D eigenvalue weighted by molar-refractivity contribution is -0.148. The lowest BCUT2D eigenvalue weighted by Gasteiger charge is -2.22. The van der Waals surface area contributed by atoms with Gasteiger partial charge in [-0.25, -0.2) is 0 Å². The Hall–Kier alpha value is -0.610. The van der Waals surface area contributed by atoms with Gasteiger partial charge in [0.15, 0.2) is 0 Å². The molecule has 0 atom stereocenters. The Kier molecular flexibility index (Phi) is 6.65. The van der Waals surface area contributed by atoms with Crippen LogP contribution in [-0.4, -0.2) is 61.1 Å². The molecule has 0 N–H and O–H groups in total. The second kappa shape index (κ2) is 7.74. The van der Waals surface area contributed by atoms with Gasteiger partial charge in [0.2, 0.25) is 0 Å². The molecule has 1 rings (SSSR count). The van der Waals surface area contributed by atoms with E-state index in [9.17, 15) is 4.79 Å². The Morgan fingerprint density at radius 2 is 1.67 bits per heavy atom. The Balaban J connectivity index is 2.31. The average Bonchev–Trinajstić information content (AvgIpc) is 2.42. The molecule has 0 bridgehead atoms. The molecular formula is C14H28N2O2. The lowest BCUT2D eigenvalue weighted by Crippen LogP contribution is -2.36. The van der Waals surface area contributed by atoms with Crippen molar-refractivity contribution in [3.05, 3.63) is 0 Å². The summed E-state index contributed by atoms with van der Waals surface area (Å²) in [7, 11) is 0. The van der Waals surface area contributed by atoms with Crippen molar-refractivity contribution in [2.24, 2.45) is 5.92 Å². The van der Waals surface area contributed by atoms with Gasteiger partial charge in [0.05, 0.1) is 12.6 Å². The summed E-state index contributed by atoms with van der Waals surface area (Å²) >= 11 is 0. The predicted molar refractivity (Wildman–Crippen MR) is 73.6 cm³/mol. The Morgan fingerprint density at radius 3 is 2.28 bits per heavy atom. The average molecular weight is 256 g/mol. The van der Waals surface area contributed by atoms with Gasteiger partial charge in [0.25, 0.3) is 0 Å². The molecule has 106 valence electrons. The lowest BCUT2D eigenvalue weighted by atomic mass is 10.2. The number of hydrogen-bond donors (Lipinski definition) is 0. The van der Waals surface area contributed by atoms with Crippen LogP contribution in [0, 0.1) is 5.92 Å². The van der Waals surface area contributed by atoms with Crippen LogP contribution in [0.25, 0.3) is 0 Å². The first-order valence-corrected chi connectivity index (χ1v) is 7.11. The van der Waals surface area contributed by atoms with E-state index in [2.05, 4.69) is 23.6 Å². The molecule has 0 unspecified atom stereocenters. The van der Waals surface area contributed by atoms with E-state index in [1.54, 1.807) is 0 Å². The van der Waals surface area contributed by atoms with E-state index >= 15 is 0 Å². The maximum absolute atomic E-state index is 11.6. The normalized spacial score (nSPS) is 19.2. The van der Waals surface area contributed by atoms with E-state index in [-0.39, 0.29) is 12.1 Å². The minimum absolute atomic E-state index is 0.0121. The Labute approximate surface area is 111 Å². The monoisotopic (exact) mass is 256 g/mol. The number of carbonyl (C=O) groups excluding carboxylic acids is 1. The minimum Gasteiger partial charge on any atom is -0.462 e. The molecule has 0 aromatic carbocycles. The van der Waals surface area contributed by atoms with E-state index < -0.39 is 0 Å². The van der Waals surface area contributed by atoms with Crippen LogP contribution in [0.4, 0.5) is 0 Å². The van der Waals surface area contributed by atoms with Crippen molar-refractivity contribution in [3.63, 3.8) is 0 Å². The highest BCUT2D eigenvalue weighted by molar-refractivity contribution is 5.71. The van der Waals surface area contributed by atoms with Crippen molar-refractivity contribution in [2.45, 2.75) is 40.2 Å². The zero-order chi connectivity index (χ0) is 13.5. The van der Waals surface area contributed by atoms with E-state index in [1.165, 1.54) is 0 Å². The summed E-state index contributed by atoms with van der Waals surface area (Å²) in [6.07, 6.45) is 1.13. The molecule has 4 heteroatoms. The summed E-state index contributed by atoms with van der Waals surface area (Å²) in [6, 6.07) is 0. The quantitative estimate of drug-likeness (QED) is 0.700. The van der Waals surface area contributed by atoms with Crippen LogP contribution in [0.15, 0.2) is 0 Å². The maximum Gasteiger partial charge on any atom is 0.320 e. The summed E-state index contributed by atoms with van der Waals surface area (Å²) in [4.78, 5) is 16.3. The van der Waals surface area contributed by atoms with Crippen molar-refractivity contribution < 1.29 is 9.53 Å². The van der Waals surface area contributed by atoms with Crippen molar-refractivity contribution >= 4 is 5.97 Å². The zero-order valence-electron chi connectivity index (χ0n) is 12.3. The van der Waals surface area contributed by atoms with Crippen molar-refractivity contribution in [2.75, 3.05) is 39.3 Å². The molecule has 1 heterocycles. The van der Waals surface area contributed by atoms with Gasteiger partial charge in [0.1, 0.15) is 0 Å². The molecule has 0 aromatic rings. The standard InChI is InChI=1S/C14H28N2O2/c1-12(2)10-15-6-5-7-16(9-8-15)11-14(17)18-13(3)4/h12-13H,5-11H2,1-4H3. The first kappa shape index (κ1) is 15.4. The van der Waals surface area contributed by atoms with E-state index in [0.717, 1.165) is 39.1 Å². The third kappa shape index (κ3) is 6.36. The van der Waals surface area contributed by atoms with Gasteiger partial charge in [-0.15, -0.1) is 0 Å². The van der Waals surface area contributed by atoms with Gasteiger partial charge >= 0.3 is 5.97 Å². The third-order valence-electron chi connectivity index (χ3n) is 3.02. The van der Waals surface area contributed by atoms with Gasteiger partial charge in [-0.2, -0.15) is 0 Å². The number of nitrogens with zero attached hydrogens (tertiary/aromatic N) is 2. The maximum atomic E-state index is 11.6. The summed E-state index contributed by atoms with van der Waals surface area (Å²) in [5.41, 5.74) is 0. The molecule has 0 spiro atoms. The van der Waals surface area contributed by atoms with Crippen LogP contribution in [0.5, 0.6) is 0 Å². The molecule has 1 fully saturated rings. The fourth-order valence-electron chi connectivity index (χ4n) is 2.36. The first-order chi connectivity index (χ1) is 8.47. The highest BCUT2D eigenvalue weighted by atomic mass is 16.5. The highest BCUT2D eigenvalue weighted by Gasteiger charge is 2.18. The van der Waals surface area contributed by atoms with Crippen LogP contribution < -0.4 is 0 Å². The Morgan fingerprint density at radius 1 is 1.06 bits per heavy atom. The van der Waals surface area contributed by atoms with E-state index in [1.807, 2.05) is 13.8 Å². The van der Waals surface area contributed by atoms with Gasteiger partial charge in [-0.1, -0.05) is 13.8 Å². The van der Waals surface area contributed by atoms with E-state index in [4.69, 9.17) is 4.74 Å². The largest absolute Gasteiger partial charge is 0.462 e. The number of esters is 1. The molecule has 1 aliphatic rings. The predicted octanol–water partition coefficient (Wildman–Crippen LogP) is 1.60. The van der Waals surface area contributed by atoms with Crippen molar-refractivity contribution in [3.8, 4) is 0 Å². The molecule has 0 amide bonds. The van der Waals surface area contributed by atoms with Crippen molar-refractivity contribution in [1.29, 1.82) is 0 Å². The van der Waals surface area contributed by atoms with Crippen LogP contribution in [-0.2, 0) is 9.53 Å². The van der Waals surface area contributed by atoms with Crippen LogP contribution in [0.2, 0.25) is 0 Å². The highest BCUT2D eigenvalue weighted by Crippen LogP contribution is 2.06. The number of carbonyl (C=O) groups is 1. The number of ether oxygens (including phenoxy) is 1. The second-order valence-electron chi connectivity index (χ2n) is 5.86. The molecule has 0 aliphatic carbocycles. The van der Waals surface area contributed by atoms with Gasteiger partial charge < -0.3 is 9.64 Å². The van der Waals surface area contributed by atoms with Gasteiger partial charge in [-0.05, 0) is 32.7 Å². The van der Waals surface area contributed by atoms with Crippen LogP contribution in [0.1, 0.15) is 34.1 Å². The summed E-state index contributed by atoms with van der Waals surface area (Å²) in [5, 5.41) is 0. The molecule has 1 aliphatic heterocycles. The molecular weight excluding hydrogens is 228 g/mol. The Bertz CT molecular complexity index is 254. The van der Waals surface area contributed by atoms with Gasteiger partial charge in [-0.3, -0.25) is 9.69 Å². The molecule has 1 saturated heterocycles. The smallest absolute Gasteiger partial charge is 0.320 e. The number of rotatable bonds is 5. The van der Waals surface area contributed by atoms with Gasteiger partial charge in [0, 0.05) is 26.2 Å². The first-order valence-electron chi connectivity index (χ1n) is 7.11. The van der Waals surface area contributed by atoms with Crippen LogP contribution >= 0.6 is 0 Å². The van der Waals surface area contributed by atoms with Crippen molar-refractivity contribution in [1.82, 2.24) is 9.80 Å². The molecule has 18 heavy (non-hydrogen) atoms. The SMILES string of the molecule is CC(C)CN1CCCN(CC(=O)OC(C)C)CC1. The summed E-state index contributed by atoms with van der Waals surface area (Å²) < 4.78 is 5.19. The second-order valence-corrected chi connectivity index (χ2v) is 5.86. The molecule has 4 nitrogen and oxygen atoms in total. The topological polar surface area (TPSA) is 32.8 Å². The molecule has 0 radical (unpaired) electrons. The van der Waals surface area contributed by atoms with E-state index in [0.29, 0.717) is 12.5 Å². The zero-order valence-corrected chi connectivity index (χ0v) is 12.3. The molecule has 0 saturated carbocycles. The third-order valence-corrected chi connectivity index (χ3v) is 3.02. The number of hydrogen-bond acceptors (Lipinski definition) is 4. The minimum atomic E-state index is -0.0951. The molecule has 0 aromatic heterocycles.